The highest BCUT2D eigenvalue weighted by Gasteiger charge is 2.33. The molecular formula is C17H21FN2O4S. The van der Waals surface area contributed by atoms with E-state index in [1.165, 1.54) is 24.3 Å². The zero-order chi connectivity index (χ0) is 18.0. The van der Waals surface area contributed by atoms with Crippen LogP contribution in [0.1, 0.15) is 23.2 Å². The first kappa shape index (κ1) is 17.8. The summed E-state index contributed by atoms with van der Waals surface area (Å²) in [4.78, 5) is 28.2. The third-order valence-electron chi connectivity index (χ3n) is 4.88. The van der Waals surface area contributed by atoms with Gasteiger partial charge in [0.05, 0.1) is 11.5 Å². The molecular weight excluding hydrogens is 347 g/mol. The van der Waals surface area contributed by atoms with E-state index in [-0.39, 0.29) is 48.1 Å². The number of sulfone groups is 1. The van der Waals surface area contributed by atoms with Gasteiger partial charge in [-0.3, -0.25) is 9.59 Å². The monoisotopic (exact) mass is 368 g/mol. The number of benzene rings is 1. The Hall–Kier alpha value is -1.96. The molecule has 0 unspecified atom stereocenters. The molecule has 25 heavy (non-hydrogen) atoms. The molecule has 0 aliphatic carbocycles. The number of piperidine rings is 1. The van der Waals surface area contributed by atoms with Gasteiger partial charge in [0.2, 0.25) is 5.91 Å². The Morgan fingerprint density at radius 1 is 0.920 bits per heavy atom. The average Bonchev–Trinajstić information content (AvgIpc) is 2.61. The molecule has 8 heteroatoms. The summed E-state index contributed by atoms with van der Waals surface area (Å²) in [5, 5.41) is 0. The molecule has 0 atom stereocenters. The van der Waals surface area contributed by atoms with E-state index < -0.39 is 9.84 Å². The maximum absolute atomic E-state index is 13.0. The summed E-state index contributed by atoms with van der Waals surface area (Å²) in [6.45, 7) is 1.46. The maximum atomic E-state index is 13.0. The van der Waals surface area contributed by atoms with Crippen molar-refractivity contribution in [3.05, 3.63) is 35.6 Å². The van der Waals surface area contributed by atoms with E-state index in [0.717, 1.165) is 0 Å². The van der Waals surface area contributed by atoms with Crippen molar-refractivity contribution < 1.29 is 22.4 Å². The van der Waals surface area contributed by atoms with Crippen molar-refractivity contribution in [1.82, 2.24) is 9.80 Å². The van der Waals surface area contributed by atoms with E-state index in [4.69, 9.17) is 0 Å². The molecule has 0 N–H and O–H groups in total. The fraction of sp³-hybridized carbons (Fsp3) is 0.529. The Kier molecular flexibility index (Phi) is 5.08. The number of carbonyl (C=O) groups is 2. The van der Waals surface area contributed by atoms with Gasteiger partial charge < -0.3 is 9.80 Å². The summed E-state index contributed by atoms with van der Waals surface area (Å²) >= 11 is 0. The highest BCUT2D eigenvalue weighted by Crippen LogP contribution is 2.22. The highest BCUT2D eigenvalue weighted by molar-refractivity contribution is 7.91. The standard InChI is InChI=1S/C17H21FN2O4S/c18-15-3-1-13(2-4-15)16(21)19-7-5-14(6-8-19)17(22)20-9-11-25(23,24)12-10-20/h1-4,14H,5-12H2. The van der Waals surface area contributed by atoms with Crippen LogP contribution >= 0.6 is 0 Å². The topological polar surface area (TPSA) is 74.8 Å². The number of likely N-dealkylation sites (tertiary alicyclic amines) is 1. The summed E-state index contributed by atoms with van der Waals surface area (Å²) in [6, 6.07) is 5.44. The normalized spacial score (nSPS) is 21.2. The quantitative estimate of drug-likeness (QED) is 0.779. The number of hydrogen-bond donors (Lipinski definition) is 0. The van der Waals surface area contributed by atoms with Gasteiger partial charge in [0.25, 0.3) is 5.91 Å². The van der Waals surface area contributed by atoms with Crippen molar-refractivity contribution >= 4 is 21.7 Å². The Labute approximate surface area is 146 Å². The van der Waals surface area contributed by atoms with Crippen molar-refractivity contribution in [2.24, 2.45) is 5.92 Å². The van der Waals surface area contributed by atoms with Crippen molar-refractivity contribution in [3.63, 3.8) is 0 Å². The van der Waals surface area contributed by atoms with Gasteiger partial charge in [-0.15, -0.1) is 0 Å². The second kappa shape index (κ2) is 7.11. The number of halogens is 1. The minimum absolute atomic E-state index is 0.0104. The third kappa shape index (κ3) is 4.18. The lowest BCUT2D eigenvalue weighted by molar-refractivity contribution is -0.136. The fourth-order valence-electron chi connectivity index (χ4n) is 3.30. The molecule has 2 fully saturated rings. The highest BCUT2D eigenvalue weighted by atomic mass is 32.2. The molecule has 2 heterocycles. The van der Waals surface area contributed by atoms with E-state index >= 15 is 0 Å². The van der Waals surface area contributed by atoms with Gasteiger partial charge in [0.1, 0.15) is 5.82 Å². The molecule has 1 aromatic carbocycles. The largest absolute Gasteiger partial charge is 0.340 e. The van der Waals surface area contributed by atoms with Gasteiger partial charge in [-0.05, 0) is 37.1 Å². The SMILES string of the molecule is O=C(c1ccc(F)cc1)N1CCC(C(=O)N2CCS(=O)(=O)CC2)CC1. The van der Waals surface area contributed by atoms with Gasteiger partial charge in [-0.2, -0.15) is 0 Å². The van der Waals surface area contributed by atoms with E-state index in [9.17, 15) is 22.4 Å². The van der Waals surface area contributed by atoms with E-state index in [1.807, 2.05) is 0 Å². The molecule has 0 spiro atoms. The number of hydrogen-bond acceptors (Lipinski definition) is 4. The third-order valence-corrected chi connectivity index (χ3v) is 6.49. The second-order valence-electron chi connectivity index (χ2n) is 6.55. The van der Waals surface area contributed by atoms with Crippen LogP contribution in [0.4, 0.5) is 4.39 Å². The number of nitrogens with zero attached hydrogens (tertiary/aromatic N) is 2. The van der Waals surface area contributed by atoms with Crippen molar-refractivity contribution in [2.45, 2.75) is 12.8 Å². The van der Waals surface area contributed by atoms with Gasteiger partial charge in [0.15, 0.2) is 9.84 Å². The predicted molar refractivity (Wildman–Crippen MR) is 90.3 cm³/mol. The van der Waals surface area contributed by atoms with Crippen LogP contribution < -0.4 is 0 Å². The molecule has 2 aliphatic heterocycles. The van der Waals surface area contributed by atoms with Crippen LogP contribution in [0, 0.1) is 11.7 Å². The summed E-state index contributed by atoms with van der Waals surface area (Å²) in [5.74, 6) is -0.664. The van der Waals surface area contributed by atoms with Crippen LogP contribution in [0.2, 0.25) is 0 Å². The van der Waals surface area contributed by atoms with Gasteiger partial charge in [-0.25, -0.2) is 12.8 Å². The molecule has 1 aromatic rings. The van der Waals surface area contributed by atoms with Crippen LogP contribution in [0.25, 0.3) is 0 Å². The lowest BCUT2D eigenvalue weighted by Gasteiger charge is -2.35. The summed E-state index contributed by atoms with van der Waals surface area (Å²) in [5.41, 5.74) is 0.437. The maximum Gasteiger partial charge on any atom is 0.253 e. The number of carbonyl (C=O) groups excluding carboxylic acids is 2. The summed E-state index contributed by atoms with van der Waals surface area (Å²) < 4.78 is 35.9. The molecule has 0 bridgehead atoms. The molecule has 0 aromatic heterocycles. The van der Waals surface area contributed by atoms with Crippen LogP contribution in [0.15, 0.2) is 24.3 Å². The molecule has 136 valence electrons. The van der Waals surface area contributed by atoms with Crippen molar-refractivity contribution in [3.8, 4) is 0 Å². The van der Waals surface area contributed by atoms with Crippen LogP contribution in [0.3, 0.4) is 0 Å². The fourth-order valence-corrected chi connectivity index (χ4v) is 4.50. The Bertz CT molecular complexity index is 741. The van der Waals surface area contributed by atoms with Crippen LogP contribution in [0.5, 0.6) is 0 Å². The first-order valence-corrected chi connectivity index (χ1v) is 10.2. The lowest BCUT2D eigenvalue weighted by atomic mass is 9.94. The Balaban J connectivity index is 1.54. The predicted octanol–water partition coefficient (Wildman–Crippen LogP) is 0.935. The number of amides is 2. The van der Waals surface area contributed by atoms with Crippen molar-refractivity contribution in [2.75, 3.05) is 37.7 Å². The van der Waals surface area contributed by atoms with Gasteiger partial charge in [0, 0.05) is 37.7 Å². The average molecular weight is 368 g/mol. The lowest BCUT2D eigenvalue weighted by Crippen LogP contribution is -2.49. The van der Waals surface area contributed by atoms with E-state index in [1.54, 1.807) is 9.80 Å². The zero-order valence-corrected chi connectivity index (χ0v) is 14.7. The molecule has 0 saturated carbocycles. The van der Waals surface area contributed by atoms with Crippen LogP contribution in [-0.4, -0.2) is 67.7 Å². The smallest absolute Gasteiger partial charge is 0.253 e. The van der Waals surface area contributed by atoms with Gasteiger partial charge >= 0.3 is 0 Å². The second-order valence-corrected chi connectivity index (χ2v) is 8.85. The molecule has 6 nitrogen and oxygen atoms in total. The molecule has 3 rings (SSSR count). The summed E-state index contributed by atoms with van der Waals surface area (Å²) in [7, 11) is -3.01. The van der Waals surface area contributed by atoms with Gasteiger partial charge in [-0.1, -0.05) is 0 Å². The molecule has 2 saturated heterocycles. The Morgan fingerprint density at radius 2 is 1.48 bits per heavy atom. The minimum atomic E-state index is -3.01. The number of rotatable bonds is 2. The van der Waals surface area contributed by atoms with Crippen LogP contribution in [-0.2, 0) is 14.6 Å². The minimum Gasteiger partial charge on any atom is -0.340 e. The Morgan fingerprint density at radius 3 is 2.04 bits per heavy atom. The molecule has 0 radical (unpaired) electrons. The molecule has 2 amide bonds. The van der Waals surface area contributed by atoms with E-state index in [2.05, 4.69) is 0 Å². The summed E-state index contributed by atoms with van der Waals surface area (Å²) in [6.07, 6.45) is 1.13. The first-order valence-electron chi connectivity index (χ1n) is 8.40. The molecule has 2 aliphatic rings. The zero-order valence-electron chi connectivity index (χ0n) is 13.9. The van der Waals surface area contributed by atoms with E-state index in [0.29, 0.717) is 31.5 Å². The van der Waals surface area contributed by atoms with Crippen molar-refractivity contribution in [1.29, 1.82) is 0 Å². The first-order chi connectivity index (χ1) is 11.9.